The minimum atomic E-state index is -0.0519. The van der Waals surface area contributed by atoms with Gasteiger partial charge in [-0.1, -0.05) is 0 Å². The van der Waals surface area contributed by atoms with E-state index in [0.29, 0.717) is 29.9 Å². The molecular formula is C12H15N5O2. The molecule has 3 rings (SSSR count). The molecule has 7 nitrogen and oxygen atoms in total. The maximum absolute atomic E-state index is 12.6. The molecule has 2 atom stereocenters. The molecule has 1 aliphatic rings. The molecule has 2 aromatic rings. The number of ether oxygens (including phenoxy) is 1. The number of aromatic amines is 1. The first-order valence-electron chi connectivity index (χ1n) is 6.26. The lowest BCUT2D eigenvalue weighted by Crippen LogP contribution is -2.51. The van der Waals surface area contributed by atoms with Gasteiger partial charge >= 0.3 is 0 Å². The maximum Gasteiger partial charge on any atom is 0.256 e. The van der Waals surface area contributed by atoms with E-state index in [0.717, 1.165) is 0 Å². The third kappa shape index (κ3) is 1.95. The lowest BCUT2D eigenvalue weighted by Gasteiger charge is -2.37. The largest absolute Gasteiger partial charge is 0.375 e. The van der Waals surface area contributed by atoms with E-state index in [-0.39, 0.29) is 18.1 Å². The van der Waals surface area contributed by atoms with Crippen LogP contribution in [0, 0.1) is 0 Å². The van der Waals surface area contributed by atoms with Crippen LogP contribution in [-0.4, -0.2) is 56.5 Å². The Hall–Kier alpha value is -2.02. The predicted molar refractivity (Wildman–Crippen MR) is 67.6 cm³/mol. The Labute approximate surface area is 110 Å². The minimum Gasteiger partial charge on any atom is -0.375 e. The van der Waals surface area contributed by atoms with Crippen molar-refractivity contribution < 1.29 is 9.53 Å². The summed E-state index contributed by atoms with van der Waals surface area (Å²) in [5, 5.41) is 10.4. The summed E-state index contributed by atoms with van der Waals surface area (Å²) in [6.45, 7) is 5.11. The van der Waals surface area contributed by atoms with E-state index in [2.05, 4.69) is 20.4 Å². The van der Waals surface area contributed by atoms with Gasteiger partial charge in [-0.2, -0.15) is 10.3 Å². The van der Waals surface area contributed by atoms with E-state index in [4.69, 9.17) is 4.74 Å². The van der Waals surface area contributed by atoms with Crippen molar-refractivity contribution in [2.24, 2.45) is 0 Å². The van der Waals surface area contributed by atoms with Crippen molar-refractivity contribution in [3.05, 3.63) is 17.8 Å². The number of rotatable bonds is 1. The second kappa shape index (κ2) is 4.58. The van der Waals surface area contributed by atoms with E-state index in [9.17, 15) is 4.79 Å². The quantitative estimate of drug-likeness (QED) is 0.812. The number of pyridine rings is 1. The summed E-state index contributed by atoms with van der Waals surface area (Å²) in [5.74, 6) is -0.0519. The van der Waals surface area contributed by atoms with E-state index in [1.54, 1.807) is 12.3 Å². The zero-order valence-corrected chi connectivity index (χ0v) is 10.8. The molecule has 1 fully saturated rings. The number of nitrogens with one attached hydrogen (secondary N) is 1. The molecule has 7 heteroatoms. The monoisotopic (exact) mass is 261 g/mol. The summed E-state index contributed by atoms with van der Waals surface area (Å²) in [6.07, 6.45) is 1.61. The van der Waals surface area contributed by atoms with Crippen molar-refractivity contribution in [1.29, 1.82) is 0 Å². The number of aromatic nitrogens is 4. The highest BCUT2D eigenvalue weighted by Crippen LogP contribution is 2.19. The molecule has 2 aromatic heterocycles. The highest BCUT2D eigenvalue weighted by Gasteiger charge is 2.31. The molecule has 0 bridgehead atoms. The second-order valence-electron chi connectivity index (χ2n) is 4.67. The molecule has 0 radical (unpaired) electrons. The normalized spacial score (nSPS) is 23.8. The summed E-state index contributed by atoms with van der Waals surface area (Å²) >= 11 is 0. The van der Waals surface area contributed by atoms with Crippen molar-refractivity contribution in [2.75, 3.05) is 13.2 Å². The SMILES string of the molecule is CC1OCCN(C(=O)c2ccnc3n[nH]nc23)C1C. The summed E-state index contributed by atoms with van der Waals surface area (Å²) < 4.78 is 5.54. The summed E-state index contributed by atoms with van der Waals surface area (Å²) in [7, 11) is 0. The number of carbonyl (C=O) groups excluding carboxylic acids is 1. The Morgan fingerprint density at radius 1 is 1.47 bits per heavy atom. The van der Waals surface area contributed by atoms with Gasteiger partial charge in [0, 0.05) is 12.7 Å². The average Bonchev–Trinajstić information content (AvgIpc) is 2.89. The molecule has 3 heterocycles. The highest BCUT2D eigenvalue weighted by atomic mass is 16.5. The first kappa shape index (κ1) is 12.0. The van der Waals surface area contributed by atoms with Crippen LogP contribution in [0.25, 0.3) is 11.2 Å². The first-order chi connectivity index (χ1) is 9.18. The van der Waals surface area contributed by atoms with Crippen LogP contribution in [0.15, 0.2) is 12.3 Å². The third-order valence-electron chi connectivity index (χ3n) is 3.60. The molecule has 0 aromatic carbocycles. The fraction of sp³-hybridized carbons (Fsp3) is 0.500. The van der Waals surface area contributed by atoms with E-state index < -0.39 is 0 Å². The smallest absolute Gasteiger partial charge is 0.256 e. The Bertz CT molecular complexity index is 611. The minimum absolute atomic E-state index is 0.0346. The molecule has 1 aliphatic heterocycles. The van der Waals surface area contributed by atoms with Crippen molar-refractivity contribution >= 4 is 17.1 Å². The maximum atomic E-state index is 12.6. The topological polar surface area (TPSA) is 84.0 Å². The first-order valence-corrected chi connectivity index (χ1v) is 6.26. The summed E-state index contributed by atoms with van der Waals surface area (Å²) in [6, 6.07) is 1.72. The van der Waals surface area contributed by atoms with Crippen LogP contribution < -0.4 is 0 Å². The van der Waals surface area contributed by atoms with Gasteiger partial charge in [-0.15, -0.1) is 5.10 Å². The molecule has 0 spiro atoms. The molecule has 1 N–H and O–H groups in total. The Balaban J connectivity index is 1.97. The van der Waals surface area contributed by atoms with Gasteiger partial charge in [-0.25, -0.2) is 4.98 Å². The lowest BCUT2D eigenvalue weighted by molar-refractivity contribution is -0.0439. The number of carbonyl (C=O) groups is 1. The predicted octanol–water partition coefficient (Wildman–Crippen LogP) is 0.602. The van der Waals surface area contributed by atoms with Gasteiger partial charge in [-0.3, -0.25) is 4.79 Å². The number of hydrogen-bond donors (Lipinski definition) is 1. The van der Waals surface area contributed by atoms with Crippen molar-refractivity contribution in [1.82, 2.24) is 25.3 Å². The fourth-order valence-electron chi connectivity index (χ4n) is 2.30. The van der Waals surface area contributed by atoms with Crippen LogP contribution in [0.1, 0.15) is 24.2 Å². The molecule has 0 aliphatic carbocycles. The fourth-order valence-corrected chi connectivity index (χ4v) is 2.30. The lowest BCUT2D eigenvalue weighted by atomic mass is 10.1. The van der Waals surface area contributed by atoms with Gasteiger partial charge in [0.15, 0.2) is 0 Å². The number of morpholine rings is 1. The summed E-state index contributed by atoms with van der Waals surface area (Å²) in [4.78, 5) is 18.5. The number of amides is 1. The Kier molecular flexibility index (Phi) is 2.90. The zero-order chi connectivity index (χ0) is 13.4. The summed E-state index contributed by atoms with van der Waals surface area (Å²) in [5.41, 5.74) is 1.50. The highest BCUT2D eigenvalue weighted by molar-refractivity contribution is 6.03. The van der Waals surface area contributed by atoms with Gasteiger partial charge in [-0.05, 0) is 19.9 Å². The number of fused-ring (bicyclic) bond motifs is 1. The standard InChI is InChI=1S/C12H15N5O2/c1-7-8(2)19-6-5-17(7)12(18)9-3-4-13-11-10(9)14-16-15-11/h3-4,7-8H,5-6H2,1-2H3,(H,13,14,15,16). The number of nitrogens with zero attached hydrogens (tertiary/aromatic N) is 4. The van der Waals surface area contributed by atoms with Gasteiger partial charge in [0.1, 0.15) is 5.52 Å². The molecule has 2 unspecified atom stereocenters. The number of hydrogen-bond acceptors (Lipinski definition) is 5. The third-order valence-corrected chi connectivity index (χ3v) is 3.60. The molecule has 1 saturated heterocycles. The van der Waals surface area contributed by atoms with Crippen molar-refractivity contribution in [3.63, 3.8) is 0 Å². The van der Waals surface area contributed by atoms with Crippen LogP contribution in [0.5, 0.6) is 0 Å². The Morgan fingerprint density at radius 3 is 3.16 bits per heavy atom. The number of H-pyrrole nitrogens is 1. The van der Waals surface area contributed by atoms with Crippen LogP contribution in [-0.2, 0) is 4.74 Å². The van der Waals surface area contributed by atoms with E-state index >= 15 is 0 Å². The molecule has 100 valence electrons. The van der Waals surface area contributed by atoms with Gasteiger partial charge in [0.2, 0.25) is 5.65 Å². The molecule has 0 saturated carbocycles. The van der Waals surface area contributed by atoms with Crippen LogP contribution in [0.2, 0.25) is 0 Å². The second-order valence-corrected chi connectivity index (χ2v) is 4.67. The van der Waals surface area contributed by atoms with Crippen LogP contribution >= 0.6 is 0 Å². The van der Waals surface area contributed by atoms with Crippen LogP contribution in [0.3, 0.4) is 0 Å². The molecule has 1 amide bonds. The zero-order valence-electron chi connectivity index (χ0n) is 10.8. The van der Waals surface area contributed by atoms with Gasteiger partial charge < -0.3 is 9.64 Å². The molecular weight excluding hydrogens is 246 g/mol. The Morgan fingerprint density at radius 2 is 2.32 bits per heavy atom. The van der Waals surface area contributed by atoms with Crippen molar-refractivity contribution in [2.45, 2.75) is 26.0 Å². The van der Waals surface area contributed by atoms with Crippen molar-refractivity contribution in [3.8, 4) is 0 Å². The average molecular weight is 261 g/mol. The van der Waals surface area contributed by atoms with E-state index in [1.807, 2.05) is 18.7 Å². The van der Waals surface area contributed by atoms with Gasteiger partial charge in [0.05, 0.1) is 24.3 Å². The molecule has 19 heavy (non-hydrogen) atoms. The van der Waals surface area contributed by atoms with E-state index in [1.165, 1.54) is 0 Å². The van der Waals surface area contributed by atoms with Gasteiger partial charge in [0.25, 0.3) is 5.91 Å². The van der Waals surface area contributed by atoms with Crippen LogP contribution in [0.4, 0.5) is 0 Å².